The molecular formula is C13H14N2O5S. The minimum Gasteiger partial charge on any atom is -0.461 e. The van der Waals surface area contributed by atoms with Crippen LogP contribution in [0.4, 0.5) is 6.01 Å². The van der Waals surface area contributed by atoms with E-state index in [4.69, 9.17) is 9.15 Å². The van der Waals surface area contributed by atoms with Crippen molar-refractivity contribution in [3.8, 4) is 0 Å². The van der Waals surface area contributed by atoms with E-state index in [0.717, 1.165) is 11.8 Å². The van der Waals surface area contributed by atoms with Crippen molar-refractivity contribution in [2.24, 2.45) is 0 Å². The number of hydrogen-bond acceptors (Lipinski definition) is 6. The van der Waals surface area contributed by atoms with E-state index in [2.05, 4.69) is 9.71 Å². The molecule has 0 unspecified atom stereocenters. The smallest absolute Gasteiger partial charge is 0.360 e. The number of nitrogens with one attached hydrogen (secondary N) is 1. The topological polar surface area (TPSA) is 98.5 Å². The molecule has 0 amide bonds. The van der Waals surface area contributed by atoms with Gasteiger partial charge in [0.1, 0.15) is 6.26 Å². The van der Waals surface area contributed by atoms with E-state index in [-0.39, 0.29) is 23.2 Å². The quantitative estimate of drug-likeness (QED) is 0.848. The fourth-order valence-corrected chi connectivity index (χ4v) is 2.45. The molecule has 0 atom stereocenters. The molecule has 0 fully saturated rings. The summed E-state index contributed by atoms with van der Waals surface area (Å²) < 4.78 is 36.0. The zero-order valence-corrected chi connectivity index (χ0v) is 12.3. The van der Waals surface area contributed by atoms with Gasteiger partial charge in [-0.05, 0) is 26.0 Å². The average Bonchev–Trinajstić information content (AvgIpc) is 2.87. The first-order chi connectivity index (χ1) is 9.92. The van der Waals surface area contributed by atoms with Gasteiger partial charge in [0.05, 0.1) is 11.5 Å². The number of esters is 1. The number of sulfonamides is 1. The fourth-order valence-electron chi connectivity index (χ4n) is 1.51. The number of aryl methyl sites for hydroxylation is 1. The summed E-state index contributed by atoms with van der Waals surface area (Å²) in [5.41, 5.74) is 0.841. The van der Waals surface area contributed by atoms with Crippen molar-refractivity contribution in [1.82, 2.24) is 4.98 Å². The predicted octanol–water partition coefficient (Wildman–Crippen LogP) is 1.96. The monoisotopic (exact) mass is 310 g/mol. The number of benzene rings is 1. The number of carbonyl (C=O) groups is 1. The molecule has 0 bridgehead atoms. The van der Waals surface area contributed by atoms with Gasteiger partial charge < -0.3 is 9.15 Å². The molecule has 0 aliphatic rings. The molecule has 0 aliphatic heterocycles. The van der Waals surface area contributed by atoms with Gasteiger partial charge in [0.2, 0.25) is 0 Å². The van der Waals surface area contributed by atoms with Crippen LogP contribution in [-0.2, 0) is 14.8 Å². The highest BCUT2D eigenvalue weighted by Gasteiger charge is 2.19. The maximum Gasteiger partial charge on any atom is 0.360 e. The molecule has 112 valence electrons. The highest BCUT2D eigenvalue weighted by atomic mass is 32.2. The van der Waals surface area contributed by atoms with Crippen LogP contribution in [0.15, 0.2) is 39.8 Å². The van der Waals surface area contributed by atoms with Crippen molar-refractivity contribution in [1.29, 1.82) is 0 Å². The Balaban J connectivity index is 2.17. The SMILES string of the molecule is CCOC(=O)c1coc(NS(=O)(=O)c2ccc(C)cc2)n1. The van der Waals surface area contributed by atoms with Gasteiger partial charge in [0, 0.05) is 0 Å². The molecule has 1 aromatic heterocycles. The number of anilines is 1. The molecule has 2 aromatic rings. The van der Waals surface area contributed by atoms with E-state index in [1.165, 1.54) is 12.1 Å². The van der Waals surface area contributed by atoms with E-state index in [1.807, 2.05) is 6.92 Å². The minimum absolute atomic E-state index is 0.0731. The highest BCUT2D eigenvalue weighted by molar-refractivity contribution is 7.92. The lowest BCUT2D eigenvalue weighted by atomic mass is 10.2. The first kappa shape index (κ1) is 15.0. The normalized spacial score (nSPS) is 11.1. The molecule has 0 saturated heterocycles. The largest absolute Gasteiger partial charge is 0.461 e. The second-order valence-corrected chi connectivity index (χ2v) is 5.86. The number of hydrogen-bond donors (Lipinski definition) is 1. The third-order valence-electron chi connectivity index (χ3n) is 2.54. The molecular weight excluding hydrogens is 296 g/mol. The van der Waals surface area contributed by atoms with Crippen LogP contribution in [0.2, 0.25) is 0 Å². The molecule has 1 N–H and O–H groups in total. The predicted molar refractivity (Wildman–Crippen MR) is 74.4 cm³/mol. The van der Waals surface area contributed by atoms with Crippen molar-refractivity contribution in [2.75, 3.05) is 11.3 Å². The van der Waals surface area contributed by atoms with E-state index < -0.39 is 16.0 Å². The summed E-state index contributed by atoms with van der Waals surface area (Å²) in [7, 11) is -3.81. The van der Waals surface area contributed by atoms with Gasteiger partial charge in [-0.2, -0.15) is 4.98 Å². The van der Waals surface area contributed by atoms with Crippen LogP contribution in [-0.4, -0.2) is 26.0 Å². The molecule has 1 aromatic carbocycles. The first-order valence-electron chi connectivity index (χ1n) is 6.14. The van der Waals surface area contributed by atoms with Gasteiger partial charge in [0.15, 0.2) is 5.69 Å². The number of oxazole rings is 1. The maximum atomic E-state index is 12.1. The van der Waals surface area contributed by atoms with E-state index in [9.17, 15) is 13.2 Å². The summed E-state index contributed by atoms with van der Waals surface area (Å²) in [6, 6.07) is 5.99. The Bertz CT molecular complexity index is 734. The van der Waals surface area contributed by atoms with E-state index >= 15 is 0 Å². The molecule has 0 saturated carbocycles. The van der Waals surface area contributed by atoms with E-state index in [1.54, 1.807) is 19.1 Å². The lowest BCUT2D eigenvalue weighted by molar-refractivity contribution is 0.0519. The van der Waals surface area contributed by atoms with E-state index in [0.29, 0.717) is 0 Å². The maximum absolute atomic E-state index is 12.1. The fraction of sp³-hybridized carbons (Fsp3) is 0.231. The number of carbonyl (C=O) groups excluding carboxylic acids is 1. The summed E-state index contributed by atoms with van der Waals surface area (Å²) in [6.07, 6.45) is 1.03. The summed E-state index contributed by atoms with van der Waals surface area (Å²) in [5.74, 6) is -0.679. The standard InChI is InChI=1S/C13H14N2O5S/c1-3-19-12(16)11-8-20-13(14-11)15-21(17,18)10-6-4-9(2)5-7-10/h4-8H,3H2,1-2H3,(H,14,15). The minimum atomic E-state index is -3.81. The summed E-state index contributed by atoms with van der Waals surface area (Å²) >= 11 is 0. The lowest BCUT2D eigenvalue weighted by Crippen LogP contribution is -2.13. The van der Waals surface area contributed by atoms with Gasteiger partial charge >= 0.3 is 12.0 Å². The lowest BCUT2D eigenvalue weighted by Gasteiger charge is -2.04. The number of ether oxygens (including phenoxy) is 1. The Kier molecular flexibility index (Phi) is 4.27. The summed E-state index contributed by atoms with van der Waals surface area (Å²) in [5, 5.41) is 0. The average molecular weight is 310 g/mol. The van der Waals surface area contributed by atoms with Crippen LogP contribution in [0, 0.1) is 6.92 Å². The summed E-state index contributed by atoms with van der Waals surface area (Å²) in [4.78, 5) is 15.2. The Morgan fingerprint density at radius 3 is 2.62 bits per heavy atom. The first-order valence-corrected chi connectivity index (χ1v) is 7.63. The molecule has 8 heteroatoms. The Morgan fingerprint density at radius 1 is 1.33 bits per heavy atom. The third kappa shape index (κ3) is 3.60. The number of nitrogens with zero attached hydrogens (tertiary/aromatic N) is 1. The van der Waals surface area contributed by atoms with Crippen LogP contribution < -0.4 is 4.72 Å². The van der Waals surface area contributed by atoms with Crippen LogP contribution in [0.3, 0.4) is 0 Å². The number of aromatic nitrogens is 1. The number of rotatable bonds is 5. The van der Waals surface area contributed by atoms with Gasteiger partial charge in [-0.25, -0.2) is 17.9 Å². The molecule has 0 spiro atoms. The van der Waals surface area contributed by atoms with Crippen molar-refractivity contribution >= 4 is 22.0 Å². The van der Waals surface area contributed by atoms with Crippen LogP contribution in [0.25, 0.3) is 0 Å². The zero-order chi connectivity index (χ0) is 15.5. The van der Waals surface area contributed by atoms with Crippen LogP contribution in [0.5, 0.6) is 0 Å². The Labute approximate surface area is 122 Å². The third-order valence-corrected chi connectivity index (χ3v) is 3.88. The zero-order valence-electron chi connectivity index (χ0n) is 11.5. The Morgan fingerprint density at radius 2 is 2.00 bits per heavy atom. The summed E-state index contributed by atoms with van der Waals surface area (Å²) in [6.45, 7) is 3.69. The molecule has 2 rings (SSSR count). The van der Waals surface area contributed by atoms with Crippen LogP contribution in [0.1, 0.15) is 23.0 Å². The van der Waals surface area contributed by atoms with Gasteiger partial charge in [-0.15, -0.1) is 0 Å². The van der Waals surface area contributed by atoms with Crippen LogP contribution >= 0.6 is 0 Å². The van der Waals surface area contributed by atoms with Gasteiger partial charge in [-0.3, -0.25) is 0 Å². The molecule has 0 radical (unpaired) electrons. The molecule has 1 heterocycles. The highest BCUT2D eigenvalue weighted by Crippen LogP contribution is 2.16. The second kappa shape index (κ2) is 5.96. The Hall–Kier alpha value is -2.35. The van der Waals surface area contributed by atoms with Gasteiger partial charge in [0.25, 0.3) is 10.0 Å². The van der Waals surface area contributed by atoms with Crippen molar-refractivity contribution in [2.45, 2.75) is 18.7 Å². The van der Waals surface area contributed by atoms with Crippen molar-refractivity contribution < 1.29 is 22.4 Å². The van der Waals surface area contributed by atoms with Crippen molar-refractivity contribution in [3.63, 3.8) is 0 Å². The molecule has 21 heavy (non-hydrogen) atoms. The van der Waals surface area contributed by atoms with Crippen molar-refractivity contribution in [3.05, 3.63) is 41.8 Å². The molecule has 0 aliphatic carbocycles. The molecule has 7 nitrogen and oxygen atoms in total. The van der Waals surface area contributed by atoms with Gasteiger partial charge in [-0.1, -0.05) is 17.7 Å². The second-order valence-electron chi connectivity index (χ2n) is 4.18.